The number of rotatable bonds is 2. The first-order valence-electron chi connectivity index (χ1n) is 14.0. The molecule has 0 amide bonds. The third-order valence-electron chi connectivity index (χ3n) is 9.48. The maximum absolute atomic E-state index is 12.8. The van der Waals surface area contributed by atoms with Gasteiger partial charge in [0.2, 0.25) is 0 Å². The Hall–Kier alpha value is -3.81. The monoisotopic (exact) mass is 550 g/mol. The maximum atomic E-state index is 12.8. The van der Waals surface area contributed by atoms with Gasteiger partial charge in [0.1, 0.15) is 0 Å². The van der Waals surface area contributed by atoms with Gasteiger partial charge in [-0.15, -0.1) is 0 Å². The van der Waals surface area contributed by atoms with E-state index in [1.807, 2.05) is 11.3 Å². The summed E-state index contributed by atoms with van der Waals surface area (Å²) in [5.74, 6) is 0.446. The first-order valence-corrected chi connectivity index (χ1v) is 17.4. The Morgan fingerprint density at radius 1 is 0.675 bits per heavy atom. The molecule has 6 aromatic rings. The molecule has 1 nitrogen and oxygen atoms in total. The summed E-state index contributed by atoms with van der Waals surface area (Å²) in [7, 11) is 0. The average molecular weight is 551 g/mol. The van der Waals surface area contributed by atoms with Crippen LogP contribution in [0.1, 0.15) is 17.9 Å². The minimum atomic E-state index is -3.46. The third kappa shape index (κ3) is 2.79. The fourth-order valence-electron chi connectivity index (χ4n) is 7.56. The summed E-state index contributed by atoms with van der Waals surface area (Å²) < 4.78 is 2.66. The van der Waals surface area contributed by atoms with Crippen LogP contribution in [-0.4, -0.2) is 11.6 Å². The van der Waals surface area contributed by atoms with E-state index in [-0.39, 0.29) is 0 Å². The van der Waals surface area contributed by atoms with Gasteiger partial charge in [0, 0.05) is 0 Å². The van der Waals surface area contributed by atoms with Crippen molar-refractivity contribution in [3.05, 3.63) is 127 Å². The van der Waals surface area contributed by atoms with E-state index in [9.17, 15) is 4.89 Å². The van der Waals surface area contributed by atoms with Crippen LogP contribution in [0.25, 0.3) is 53.6 Å². The number of hydrogen-bond donors (Lipinski definition) is 1. The average Bonchev–Trinajstić information content (AvgIpc) is 3.55. The molecular weight excluding hydrogens is 523 g/mol. The van der Waals surface area contributed by atoms with Gasteiger partial charge in [-0.25, -0.2) is 0 Å². The molecule has 3 heterocycles. The van der Waals surface area contributed by atoms with E-state index in [1.165, 1.54) is 59.1 Å². The van der Waals surface area contributed by atoms with Crippen LogP contribution in [-0.2, 0) is 0 Å². The standard InChI is InChI=1S/C37H27OPS/c1-39(38)33-13-6-5-10-27(33)28-11-7-12-29(37(28)39)30-20-25(14-17-34(30)39)26-16-19-36-32(22-26)31-21-24(15-18-35(31)40-36)23-8-3-2-4-9-23/h2-8,10-23,38H,9H2,1H3. The van der Waals surface area contributed by atoms with Crippen molar-refractivity contribution in [3.8, 4) is 33.4 Å². The number of allylic oxidation sites excluding steroid dienone is 4. The Labute approximate surface area is 237 Å². The van der Waals surface area contributed by atoms with Crippen LogP contribution in [0.3, 0.4) is 0 Å². The molecule has 1 unspecified atom stereocenters. The van der Waals surface area contributed by atoms with Gasteiger partial charge >= 0.3 is 220 Å². The Kier molecular flexibility index (Phi) is 4.41. The van der Waals surface area contributed by atoms with Crippen LogP contribution in [0.4, 0.5) is 0 Å². The molecule has 0 radical (unpaired) electrons. The van der Waals surface area contributed by atoms with E-state index in [0.29, 0.717) is 5.92 Å². The van der Waals surface area contributed by atoms with E-state index >= 15 is 0 Å². The van der Waals surface area contributed by atoms with Crippen LogP contribution in [0, 0.1) is 0 Å². The summed E-state index contributed by atoms with van der Waals surface area (Å²) in [6.45, 7) is -1.33. The van der Waals surface area contributed by atoms with Crippen molar-refractivity contribution >= 4 is 54.3 Å². The fraction of sp³-hybridized carbons (Fsp3) is 0.0811. The molecule has 40 heavy (non-hydrogen) atoms. The molecule has 1 N–H and O–H groups in total. The topological polar surface area (TPSA) is 20.2 Å². The molecule has 0 saturated carbocycles. The molecule has 0 fully saturated rings. The molecule has 1 aromatic heterocycles. The molecular formula is C37H27OPS. The molecule has 2 aliphatic heterocycles. The van der Waals surface area contributed by atoms with Gasteiger partial charge in [-0.05, 0) is 0 Å². The fourth-order valence-corrected chi connectivity index (χ4v) is 13.4. The molecule has 3 aliphatic rings. The van der Waals surface area contributed by atoms with Gasteiger partial charge in [-0.1, -0.05) is 18.2 Å². The van der Waals surface area contributed by atoms with Gasteiger partial charge in [0.05, 0.1) is 0 Å². The minimum absolute atomic E-state index is 0.446. The van der Waals surface area contributed by atoms with Crippen LogP contribution in [0.15, 0.2) is 121 Å². The predicted molar refractivity (Wildman–Crippen MR) is 175 cm³/mol. The first-order chi connectivity index (χ1) is 19.5. The second kappa shape index (κ2) is 7.68. The molecule has 0 saturated heterocycles. The molecule has 0 bridgehead atoms. The SMILES string of the molecule is CP12(O)c3ccccc3-c3cccc(c31)-c1cc(-c3ccc4sc5ccc(C6C=CC=CC6)cc5c4c3)ccc12. The van der Waals surface area contributed by atoms with Gasteiger partial charge in [0.25, 0.3) is 0 Å². The molecule has 5 aromatic carbocycles. The van der Waals surface area contributed by atoms with Crippen molar-refractivity contribution in [2.75, 3.05) is 6.66 Å². The number of hydrogen-bond acceptors (Lipinski definition) is 2. The number of thiophene rings is 1. The van der Waals surface area contributed by atoms with Crippen LogP contribution < -0.4 is 15.9 Å². The molecule has 192 valence electrons. The zero-order valence-corrected chi connectivity index (χ0v) is 23.8. The van der Waals surface area contributed by atoms with Gasteiger partial charge in [-0.3, -0.25) is 0 Å². The first kappa shape index (κ1) is 22.9. The summed E-state index contributed by atoms with van der Waals surface area (Å²) in [5.41, 5.74) is 8.55. The third-order valence-corrected chi connectivity index (χ3v) is 15.3. The normalized spacial score (nSPS) is 19.8. The Bertz CT molecular complexity index is 2140. The Morgan fingerprint density at radius 3 is 2.23 bits per heavy atom. The van der Waals surface area contributed by atoms with E-state index in [2.05, 4.69) is 128 Å². The molecule has 1 aliphatic carbocycles. The molecule has 0 spiro atoms. The van der Waals surface area contributed by atoms with Crippen molar-refractivity contribution in [1.29, 1.82) is 0 Å². The van der Waals surface area contributed by atoms with Crippen molar-refractivity contribution in [2.45, 2.75) is 12.3 Å². The van der Waals surface area contributed by atoms with Crippen molar-refractivity contribution in [2.24, 2.45) is 0 Å². The summed E-state index contributed by atoms with van der Waals surface area (Å²) in [6.07, 6.45) is 9.94. The molecule has 9 rings (SSSR count). The van der Waals surface area contributed by atoms with E-state index in [0.717, 1.165) is 22.3 Å². The second-order valence-corrected chi connectivity index (χ2v) is 17.2. The van der Waals surface area contributed by atoms with Crippen LogP contribution in [0.5, 0.6) is 0 Å². The zero-order valence-electron chi connectivity index (χ0n) is 22.1. The Morgan fingerprint density at radius 2 is 1.38 bits per heavy atom. The van der Waals surface area contributed by atoms with Crippen LogP contribution >= 0.6 is 18.2 Å². The van der Waals surface area contributed by atoms with Crippen molar-refractivity contribution < 1.29 is 4.89 Å². The summed E-state index contributed by atoms with van der Waals surface area (Å²) in [5, 5.41) is 6.03. The quantitative estimate of drug-likeness (QED) is 0.214. The van der Waals surface area contributed by atoms with E-state index in [4.69, 9.17) is 0 Å². The van der Waals surface area contributed by atoms with Gasteiger partial charge < -0.3 is 0 Å². The van der Waals surface area contributed by atoms with Crippen molar-refractivity contribution in [3.63, 3.8) is 0 Å². The van der Waals surface area contributed by atoms with Gasteiger partial charge in [-0.2, -0.15) is 0 Å². The van der Waals surface area contributed by atoms with E-state index in [1.54, 1.807) is 0 Å². The summed E-state index contributed by atoms with van der Waals surface area (Å²) in [4.78, 5) is 12.8. The van der Waals surface area contributed by atoms with Crippen LogP contribution in [0.2, 0.25) is 0 Å². The Balaban J connectivity index is 1.22. The molecule has 3 heteroatoms. The number of benzene rings is 5. The zero-order chi connectivity index (χ0) is 26.7. The second-order valence-electron chi connectivity index (χ2n) is 11.7. The molecule has 1 atom stereocenters. The number of fused-ring (bicyclic) bond motifs is 9. The van der Waals surface area contributed by atoms with E-state index < -0.39 is 6.83 Å². The summed E-state index contributed by atoms with van der Waals surface area (Å²) in [6, 6.07) is 35.7. The predicted octanol–water partition coefficient (Wildman–Crippen LogP) is 8.65. The van der Waals surface area contributed by atoms with Gasteiger partial charge in [0.15, 0.2) is 0 Å². The van der Waals surface area contributed by atoms with Crippen molar-refractivity contribution in [1.82, 2.24) is 0 Å². The summed E-state index contributed by atoms with van der Waals surface area (Å²) >= 11 is 1.87.